The first kappa shape index (κ1) is 66.2. The third kappa shape index (κ3) is 10.9. The van der Waals surface area contributed by atoms with Crippen LogP contribution in [0.3, 0.4) is 0 Å². The van der Waals surface area contributed by atoms with E-state index in [0.29, 0.717) is 25.7 Å². The van der Waals surface area contributed by atoms with Crippen LogP contribution in [0.15, 0.2) is 11.6 Å². The Labute approximate surface area is 494 Å². The minimum absolute atomic E-state index is 0.0193. The van der Waals surface area contributed by atoms with Crippen molar-refractivity contribution in [1.29, 1.82) is 0 Å². The zero-order chi connectivity index (χ0) is 62.1. The molecule has 10 rings (SSSR count). The Hall–Kier alpha value is -1.75. The van der Waals surface area contributed by atoms with Crippen LogP contribution < -0.4 is 0 Å². The molecule has 35 unspecified atom stereocenters. The summed E-state index contributed by atoms with van der Waals surface area (Å²) < 4.78 is 59.2. The number of allylic oxidation sites excluding steroid dienone is 2. The summed E-state index contributed by atoms with van der Waals surface area (Å²) in [5.41, 5.74) is -1.23. The van der Waals surface area contributed by atoms with Crippen molar-refractivity contribution in [2.45, 2.75) is 280 Å². The van der Waals surface area contributed by atoms with E-state index >= 15 is 4.79 Å². The molecule has 0 aromatic carbocycles. The number of aliphatic hydroxyl groups is 15. The van der Waals surface area contributed by atoms with E-state index in [9.17, 15) is 76.6 Å². The first-order valence-electron chi connectivity index (χ1n) is 30.7. The molecule has 0 aromatic rings. The highest BCUT2D eigenvalue weighted by atomic mass is 16.8. The normalized spacial score (nSPS) is 56.1. The molecule has 0 amide bonds. The van der Waals surface area contributed by atoms with Gasteiger partial charge in [0.05, 0.1) is 36.9 Å². The van der Waals surface area contributed by atoms with Crippen molar-refractivity contribution in [1.82, 2.24) is 0 Å². The van der Waals surface area contributed by atoms with Gasteiger partial charge in [-0.15, -0.1) is 0 Å². The number of esters is 1. The molecule has 9 fully saturated rings. The van der Waals surface area contributed by atoms with Crippen LogP contribution in [0.25, 0.3) is 0 Å². The minimum atomic E-state index is -1.90. The third-order valence-electron chi connectivity index (χ3n) is 23.5. The van der Waals surface area contributed by atoms with E-state index in [2.05, 4.69) is 54.5 Å². The Morgan fingerprint density at radius 1 is 0.529 bits per heavy atom. The molecule has 4 saturated carbocycles. The Morgan fingerprint density at radius 3 is 1.72 bits per heavy atom. The molecule has 10 aliphatic rings. The van der Waals surface area contributed by atoms with Gasteiger partial charge in [-0.1, -0.05) is 60.1 Å². The second-order valence-electron chi connectivity index (χ2n) is 28.2. The van der Waals surface area contributed by atoms with Crippen LogP contribution in [0.4, 0.5) is 0 Å². The molecule has 5 aliphatic carbocycles. The van der Waals surface area contributed by atoms with Crippen LogP contribution in [0.2, 0.25) is 0 Å². The van der Waals surface area contributed by atoms with Gasteiger partial charge in [0, 0.05) is 0 Å². The zero-order valence-electron chi connectivity index (χ0n) is 50.0. The summed E-state index contributed by atoms with van der Waals surface area (Å²) >= 11 is 0. The fraction of sp³-hybridized carbons (Fsp3) is 0.949. The lowest BCUT2D eigenvalue weighted by Gasteiger charge is -2.71. The van der Waals surface area contributed by atoms with Crippen molar-refractivity contribution in [3.63, 3.8) is 0 Å². The highest BCUT2D eigenvalue weighted by molar-refractivity contribution is 5.79. The maximum Gasteiger partial charge on any atom is 0.315 e. The maximum absolute atomic E-state index is 15.3. The molecule has 15 N–H and O–H groups in total. The number of aliphatic hydroxyl groups excluding tert-OH is 15. The number of carbonyl (C=O) groups is 1. The fourth-order valence-corrected chi connectivity index (χ4v) is 17.8. The van der Waals surface area contributed by atoms with Crippen LogP contribution >= 0.6 is 0 Å². The van der Waals surface area contributed by atoms with E-state index in [1.54, 1.807) is 0 Å². The monoisotopic (exact) mass is 1220 g/mol. The molecule has 85 heavy (non-hydrogen) atoms. The zero-order valence-corrected chi connectivity index (χ0v) is 50.0. The van der Waals surface area contributed by atoms with Gasteiger partial charge < -0.3 is 124 Å². The van der Waals surface area contributed by atoms with Gasteiger partial charge in [-0.2, -0.15) is 0 Å². The van der Waals surface area contributed by atoms with E-state index in [-0.39, 0.29) is 45.8 Å². The molecular formula is C59H96O26. The van der Waals surface area contributed by atoms with E-state index in [1.165, 1.54) is 19.4 Å². The predicted octanol–water partition coefficient (Wildman–Crippen LogP) is -2.34. The molecule has 0 bridgehead atoms. The first-order chi connectivity index (χ1) is 39.8. The summed E-state index contributed by atoms with van der Waals surface area (Å²) in [7, 11) is 0. The summed E-state index contributed by atoms with van der Waals surface area (Å²) in [6, 6.07) is 0. The number of ether oxygens (including phenoxy) is 10. The standard InChI is InChI=1S/C59H96O26/c1-22-12-17-59(54(75)85-52-44(72)38(66)35(63)28(80-52)21-76-49-45(73)40(68)46(27(20-60)79-49)82-50-42(70)36(64)33(61)24(3)77-50)19-18-57(8)26(32(59)23(22)2)10-11-30-56(7)15-14-31(55(5,6)29(56)13-16-58(30,57)9)81-53-47(39(67)41(69)48(74)84-53)83-51-43(71)37(65)34(62)25(4)78-51/h10,22-25,27-53,60-74H,11-21H2,1-9H3. The van der Waals surface area contributed by atoms with Gasteiger partial charge in [-0.25, -0.2) is 0 Å². The van der Waals surface area contributed by atoms with E-state index in [1.807, 2.05) is 0 Å². The van der Waals surface area contributed by atoms with Gasteiger partial charge in [0.2, 0.25) is 6.29 Å². The number of rotatable bonds is 12. The van der Waals surface area contributed by atoms with E-state index in [4.69, 9.17) is 47.4 Å². The van der Waals surface area contributed by atoms with Gasteiger partial charge >= 0.3 is 5.97 Å². The average molecular weight is 1220 g/mol. The largest absolute Gasteiger partial charge is 0.432 e. The highest BCUT2D eigenvalue weighted by Crippen LogP contribution is 2.76. The summed E-state index contributed by atoms with van der Waals surface area (Å²) in [5, 5.41) is 162. The van der Waals surface area contributed by atoms with Gasteiger partial charge in [0.1, 0.15) is 104 Å². The summed E-state index contributed by atoms with van der Waals surface area (Å²) in [4.78, 5) is 15.3. The molecule has 5 aliphatic heterocycles. The van der Waals surface area contributed by atoms with Crippen molar-refractivity contribution < 1.29 is 129 Å². The Bertz CT molecular complexity index is 2370. The molecule has 0 radical (unpaired) electrons. The fourth-order valence-electron chi connectivity index (χ4n) is 17.8. The van der Waals surface area contributed by atoms with E-state index in [0.717, 1.165) is 32.1 Å². The molecule has 0 aromatic heterocycles. The number of carbonyl (C=O) groups excluding carboxylic acids is 1. The highest BCUT2D eigenvalue weighted by Gasteiger charge is 2.71. The molecular weight excluding hydrogens is 1120 g/mol. The van der Waals surface area contributed by atoms with Crippen molar-refractivity contribution >= 4 is 5.97 Å². The number of hydrogen-bond donors (Lipinski definition) is 15. The lowest BCUT2D eigenvalue weighted by molar-refractivity contribution is -0.394. The van der Waals surface area contributed by atoms with Crippen LogP contribution in [-0.4, -0.2) is 256 Å². The van der Waals surface area contributed by atoms with Crippen molar-refractivity contribution in [3.05, 3.63) is 11.6 Å². The van der Waals surface area contributed by atoms with Gasteiger partial charge in [-0.05, 0) is 123 Å². The molecule has 0 spiro atoms. The molecule has 5 heterocycles. The van der Waals surface area contributed by atoms with Crippen molar-refractivity contribution in [2.24, 2.45) is 56.7 Å². The van der Waals surface area contributed by atoms with Crippen LogP contribution in [0.1, 0.15) is 120 Å². The quantitative estimate of drug-likeness (QED) is 0.0553. The van der Waals surface area contributed by atoms with Gasteiger partial charge in [-0.3, -0.25) is 4.79 Å². The first-order valence-corrected chi connectivity index (χ1v) is 30.7. The summed E-state index contributed by atoms with van der Waals surface area (Å²) in [6.07, 6.45) is -32.5. The Balaban J connectivity index is 0.830. The lowest BCUT2D eigenvalue weighted by atomic mass is 9.33. The summed E-state index contributed by atoms with van der Waals surface area (Å²) in [5.74, 6) is -0.352. The molecule has 488 valence electrons. The summed E-state index contributed by atoms with van der Waals surface area (Å²) in [6.45, 7) is 17.3. The van der Waals surface area contributed by atoms with E-state index < -0.39 is 190 Å². The second-order valence-corrected chi connectivity index (χ2v) is 28.2. The van der Waals surface area contributed by atoms with Crippen LogP contribution in [0, 0.1) is 56.7 Å². The molecule has 35 atom stereocenters. The van der Waals surface area contributed by atoms with Gasteiger partial charge in [0.25, 0.3) is 0 Å². The van der Waals surface area contributed by atoms with Crippen LogP contribution in [0.5, 0.6) is 0 Å². The topological polar surface area (TPSA) is 413 Å². The van der Waals surface area contributed by atoms with Crippen molar-refractivity contribution in [3.8, 4) is 0 Å². The molecule has 5 saturated heterocycles. The third-order valence-corrected chi connectivity index (χ3v) is 23.5. The lowest BCUT2D eigenvalue weighted by Crippen LogP contribution is -2.67. The molecule has 26 nitrogen and oxygen atoms in total. The number of hydrogen-bond acceptors (Lipinski definition) is 26. The smallest absolute Gasteiger partial charge is 0.315 e. The minimum Gasteiger partial charge on any atom is -0.432 e. The van der Waals surface area contributed by atoms with Crippen LogP contribution in [-0.2, 0) is 52.2 Å². The average Bonchev–Trinajstić information content (AvgIpc) is 0.706. The van der Waals surface area contributed by atoms with Gasteiger partial charge in [0.15, 0.2) is 31.5 Å². The van der Waals surface area contributed by atoms with Crippen molar-refractivity contribution in [2.75, 3.05) is 13.2 Å². The SMILES string of the molecule is CC1CCC2(C(=O)OC3OC(COC4OC(CO)C(OC5OC(C)C(O)C(O)C5O)C(O)C4O)C(O)C(O)C3O)CCC3(C)C(=CCC4C5(C)CCC(OC6OC(O)C(O)C(O)C6OC6OC(C)C(O)C(O)C6O)C(C)(C)C5CCC43C)C2C1C. The Morgan fingerprint density at radius 2 is 1.09 bits per heavy atom. The predicted molar refractivity (Wildman–Crippen MR) is 288 cm³/mol. The maximum atomic E-state index is 15.3. The second kappa shape index (κ2) is 24.4. The number of fused-ring (bicyclic) bond motifs is 7. The molecule has 26 heteroatoms. The Kier molecular flexibility index (Phi) is 19.0.